The SMILES string of the molecule is CCCC(=O)OCCCCCCCl. The fourth-order valence-corrected chi connectivity index (χ4v) is 1.20. The normalized spacial score (nSPS) is 10.0. The molecule has 0 aliphatic rings. The zero-order valence-corrected chi connectivity index (χ0v) is 9.11. The highest BCUT2D eigenvalue weighted by Crippen LogP contribution is 2.02. The molecular formula is C10H19ClO2. The number of hydrogen-bond acceptors (Lipinski definition) is 2. The van der Waals surface area contributed by atoms with Crippen LogP contribution in [0.25, 0.3) is 0 Å². The summed E-state index contributed by atoms with van der Waals surface area (Å²) in [5.41, 5.74) is 0. The van der Waals surface area contributed by atoms with Crippen LogP contribution in [0.5, 0.6) is 0 Å². The van der Waals surface area contributed by atoms with Gasteiger partial charge in [-0.05, 0) is 19.3 Å². The number of unbranched alkanes of at least 4 members (excludes halogenated alkanes) is 3. The Balaban J connectivity index is 3.02. The summed E-state index contributed by atoms with van der Waals surface area (Å²) in [6, 6.07) is 0. The third-order valence-electron chi connectivity index (χ3n) is 1.75. The van der Waals surface area contributed by atoms with Gasteiger partial charge in [-0.15, -0.1) is 11.6 Å². The Morgan fingerprint density at radius 3 is 2.54 bits per heavy atom. The fraction of sp³-hybridized carbons (Fsp3) is 0.900. The van der Waals surface area contributed by atoms with Gasteiger partial charge < -0.3 is 4.74 Å². The topological polar surface area (TPSA) is 26.3 Å². The minimum Gasteiger partial charge on any atom is -0.466 e. The largest absolute Gasteiger partial charge is 0.466 e. The third kappa shape index (κ3) is 9.68. The number of alkyl halides is 1. The molecule has 0 atom stereocenters. The lowest BCUT2D eigenvalue weighted by molar-refractivity contribution is -0.143. The highest BCUT2D eigenvalue weighted by atomic mass is 35.5. The number of carbonyl (C=O) groups excluding carboxylic acids is 1. The molecule has 0 spiro atoms. The average Bonchev–Trinajstić information content (AvgIpc) is 2.11. The molecule has 0 radical (unpaired) electrons. The highest BCUT2D eigenvalue weighted by Gasteiger charge is 1.99. The van der Waals surface area contributed by atoms with Crippen molar-refractivity contribution in [3.63, 3.8) is 0 Å². The molecule has 0 rings (SSSR count). The first-order chi connectivity index (χ1) is 6.31. The lowest BCUT2D eigenvalue weighted by Gasteiger charge is -2.02. The van der Waals surface area contributed by atoms with Gasteiger partial charge in [0.25, 0.3) is 0 Å². The number of esters is 1. The highest BCUT2D eigenvalue weighted by molar-refractivity contribution is 6.17. The number of hydrogen-bond donors (Lipinski definition) is 0. The molecule has 0 aromatic rings. The molecule has 13 heavy (non-hydrogen) atoms. The van der Waals surface area contributed by atoms with E-state index in [0.717, 1.165) is 38.0 Å². The van der Waals surface area contributed by atoms with Gasteiger partial charge in [-0.2, -0.15) is 0 Å². The van der Waals surface area contributed by atoms with Crippen LogP contribution >= 0.6 is 11.6 Å². The summed E-state index contributed by atoms with van der Waals surface area (Å²) in [4.78, 5) is 10.9. The molecule has 0 fully saturated rings. The van der Waals surface area contributed by atoms with Crippen LogP contribution in [0.3, 0.4) is 0 Å². The van der Waals surface area contributed by atoms with Gasteiger partial charge >= 0.3 is 5.97 Å². The van der Waals surface area contributed by atoms with Gasteiger partial charge in [-0.3, -0.25) is 4.79 Å². The van der Waals surface area contributed by atoms with E-state index in [1.807, 2.05) is 6.92 Å². The zero-order valence-electron chi connectivity index (χ0n) is 8.35. The molecule has 0 aromatic heterocycles. The van der Waals surface area contributed by atoms with Crippen molar-refractivity contribution in [1.82, 2.24) is 0 Å². The van der Waals surface area contributed by atoms with Crippen LogP contribution in [0, 0.1) is 0 Å². The van der Waals surface area contributed by atoms with Crippen LogP contribution in [0.4, 0.5) is 0 Å². The Bertz CT molecular complexity index is 126. The molecule has 0 bridgehead atoms. The number of ether oxygens (including phenoxy) is 1. The predicted molar refractivity (Wildman–Crippen MR) is 55.1 cm³/mol. The molecule has 0 heterocycles. The summed E-state index contributed by atoms with van der Waals surface area (Å²) < 4.78 is 4.99. The van der Waals surface area contributed by atoms with E-state index in [1.165, 1.54) is 0 Å². The van der Waals surface area contributed by atoms with Gasteiger partial charge in [-0.25, -0.2) is 0 Å². The van der Waals surface area contributed by atoms with E-state index in [-0.39, 0.29) is 5.97 Å². The van der Waals surface area contributed by atoms with E-state index >= 15 is 0 Å². The molecule has 0 aliphatic carbocycles. The number of carbonyl (C=O) groups is 1. The minimum atomic E-state index is -0.0696. The summed E-state index contributed by atoms with van der Waals surface area (Å²) in [6.07, 6.45) is 5.67. The van der Waals surface area contributed by atoms with E-state index < -0.39 is 0 Å². The second-order valence-corrected chi connectivity index (χ2v) is 3.45. The predicted octanol–water partition coefficient (Wildman–Crippen LogP) is 3.13. The molecule has 78 valence electrons. The van der Waals surface area contributed by atoms with Gasteiger partial charge in [0, 0.05) is 12.3 Å². The van der Waals surface area contributed by atoms with Gasteiger partial charge in [0.1, 0.15) is 0 Å². The van der Waals surface area contributed by atoms with Crippen molar-refractivity contribution in [3.8, 4) is 0 Å². The second kappa shape index (κ2) is 9.85. The van der Waals surface area contributed by atoms with Crippen LogP contribution in [0.2, 0.25) is 0 Å². The van der Waals surface area contributed by atoms with Gasteiger partial charge in [-0.1, -0.05) is 19.8 Å². The Labute approximate surface area is 85.6 Å². The number of halogens is 1. The molecule has 2 nitrogen and oxygen atoms in total. The summed E-state index contributed by atoms with van der Waals surface area (Å²) in [7, 11) is 0. The van der Waals surface area contributed by atoms with Crippen molar-refractivity contribution in [2.45, 2.75) is 45.4 Å². The first-order valence-electron chi connectivity index (χ1n) is 5.02. The van der Waals surface area contributed by atoms with Crippen molar-refractivity contribution < 1.29 is 9.53 Å². The minimum absolute atomic E-state index is 0.0696. The Morgan fingerprint density at radius 2 is 1.92 bits per heavy atom. The van der Waals surface area contributed by atoms with Crippen molar-refractivity contribution in [1.29, 1.82) is 0 Å². The van der Waals surface area contributed by atoms with Crippen molar-refractivity contribution >= 4 is 17.6 Å². The summed E-state index contributed by atoms with van der Waals surface area (Å²) in [6.45, 7) is 2.54. The number of rotatable bonds is 8. The molecular weight excluding hydrogens is 188 g/mol. The van der Waals surface area contributed by atoms with Gasteiger partial charge in [0.05, 0.1) is 6.61 Å². The van der Waals surface area contributed by atoms with Gasteiger partial charge in [0.15, 0.2) is 0 Å². The monoisotopic (exact) mass is 206 g/mol. The zero-order chi connectivity index (χ0) is 9.94. The molecule has 0 unspecified atom stereocenters. The lowest BCUT2D eigenvalue weighted by atomic mass is 10.2. The van der Waals surface area contributed by atoms with Crippen LogP contribution in [-0.4, -0.2) is 18.5 Å². The Hall–Kier alpha value is -0.240. The summed E-state index contributed by atoms with van der Waals surface area (Å²) in [5.74, 6) is 0.662. The second-order valence-electron chi connectivity index (χ2n) is 3.07. The van der Waals surface area contributed by atoms with Crippen LogP contribution < -0.4 is 0 Å². The van der Waals surface area contributed by atoms with Crippen LogP contribution in [0.15, 0.2) is 0 Å². The molecule has 0 saturated carbocycles. The maximum atomic E-state index is 10.9. The van der Waals surface area contributed by atoms with E-state index in [0.29, 0.717) is 13.0 Å². The first kappa shape index (κ1) is 12.8. The smallest absolute Gasteiger partial charge is 0.305 e. The van der Waals surface area contributed by atoms with E-state index in [9.17, 15) is 4.79 Å². The maximum Gasteiger partial charge on any atom is 0.305 e. The molecule has 0 aliphatic heterocycles. The molecule has 3 heteroatoms. The van der Waals surface area contributed by atoms with Gasteiger partial charge in [0.2, 0.25) is 0 Å². The van der Waals surface area contributed by atoms with E-state index in [2.05, 4.69) is 0 Å². The standard InChI is InChI=1S/C10H19ClO2/c1-2-7-10(12)13-9-6-4-3-5-8-11/h2-9H2,1H3. The molecule has 0 aromatic carbocycles. The Morgan fingerprint density at radius 1 is 1.23 bits per heavy atom. The third-order valence-corrected chi connectivity index (χ3v) is 2.01. The summed E-state index contributed by atoms with van der Waals surface area (Å²) >= 11 is 5.52. The van der Waals surface area contributed by atoms with Crippen molar-refractivity contribution in [2.75, 3.05) is 12.5 Å². The van der Waals surface area contributed by atoms with Crippen LogP contribution in [0.1, 0.15) is 45.4 Å². The fourth-order valence-electron chi connectivity index (χ4n) is 1.01. The quantitative estimate of drug-likeness (QED) is 0.347. The first-order valence-corrected chi connectivity index (χ1v) is 5.56. The van der Waals surface area contributed by atoms with Crippen molar-refractivity contribution in [2.24, 2.45) is 0 Å². The maximum absolute atomic E-state index is 10.9. The average molecular weight is 207 g/mol. The van der Waals surface area contributed by atoms with E-state index in [4.69, 9.17) is 16.3 Å². The molecule has 0 N–H and O–H groups in total. The van der Waals surface area contributed by atoms with Crippen LogP contribution in [-0.2, 0) is 9.53 Å². The molecule has 0 saturated heterocycles. The lowest BCUT2D eigenvalue weighted by Crippen LogP contribution is -2.04. The van der Waals surface area contributed by atoms with Crippen molar-refractivity contribution in [3.05, 3.63) is 0 Å². The Kier molecular flexibility index (Phi) is 9.66. The van der Waals surface area contributed by atoms with E-state index in [1.54, 1.807) is 0 Å². The molecule has 0 amide bonds. The summed E-state index contributed by atoms with van der Waals surface area (Å²) in [5, 5.41) is 0.